The van der Waals surface area contributed by atoms with Crippen LogP contribution in [0.25, 0.3) is 10.2 Å². The fraction of sp³-hybridized carbons (Fsp3) is 0.406. The third-order valence-corrected chi connectivity index (χ3v) is 15.0. The van der Waals surface area contributed by atoms with Gasteiger partial charge >= 0.3 is 35.8 Å². The van der Waals surface area contributed by atoms with Crippen LogP contribution in [0.4, 0.5) is 5.13 Å². The maximum atomic E-state index is 13.9. The van der Waals surface area contributed by atoms with Gasteiger partial charge in [0, 0.05) is 17.7 Å². The molecule has 2 saturated carbocycles. The molecule has 0 bridgehead atoms. The van der Waals surface area contributed by atoms with Crippen molar-refractivity contribution in [1.29, 1.82) is 0 Å². The molecule has 434 valence electrons. The van der Waals surface area contributed by atoms with Gasteiger partial charge in [-0.25, -0.2) is 19.6 Å². The van der Waals surface area contributed by atoms with Crippen LogP contribution in [-0.2, 0) is 38.2 Å². The van der Waals surface area contributed by atoms with E-state index in [9.17, 15) is 28.8 Å². The molecule has 1 heterocycles. The molecular formula is C64H73N3O14S. The molecule has 0 atom stereocenters. The molecule has 0 aliphatic heterocycles. The van der Waals surface area contributed by atoms with E-state index in [0.717, 1.165) is 79.3 Å². The molecule has 0 saturated heterocycles. The second-order valence-electron chi connectivity index (χ2n) is 20.4. The predicted octanol–water partition coefficient (Wildman–Crippen LogP) is 12.7. The maximum absolute atomic E-state index is 13.9. The zero-order valence-electron chi connectivity index (χ0n) is 46.6. The first-order valence-electron chi connectivity index (χ1n) is 28.2. The first kappa shape index (κ1) is 61.5. The lowest BCUT2D eigenvalue weighted by Crippen LogP contribution is -2.30. The van der Waals surface area contributed by atoms with Crippen molar-refractivity contribution in [3.05, 3.63) is 134 Å². The Morgan fingerprint density at radius 2 is 0.963 bits per heavy atom. The number of ether oxygens (including phenoxy) is 8. The third-order valence-electron chi connectivity index (χ3n) is 14.0. The predicted molar refractivity (Wildman–Crippen MR) is 312 cm³/mol. The Morgan fingerprint density at radius 3 is 1.41 bits per heavy atom. The number of fused-ring (bicyclic) bond motifs is 1. The number of hydrogen-bond acceptors (Lipinski definition) is 18. The van der Waals surface area contributed by atoms with Gasteiger partial charge in [0.15, 0.2) is 0 Å². The first-order chi connectivity index (χ1) is 39.8. The molecule has 7 rings (SSSR count). The van der Waals surface area contributed by atoms with Gasteiger partial charge in [-0.2, -0.15) is 5.10 Å². The molecule has 82 heavy (non-hydrogen) atoms. The van der Waals surface area contributed by atoms with Gasteiger partial charge < -0.3 is 37.9 Å². The number of unbranched alkanes of at least 4 members (excludes halogenated alkanes) is 6. The van der Waals surface area contributed by atoms with Gasteiger partial charge in [-0.3, -0.25) is 19.2 Å². The van der Waals surface area contributed by atoms with Crippen LogP contribution in [0.2, 0.25) is 0 Å². The fourth-order valence-electron chi connectivity index (χ4n) is 9.39. The van der Waals surface area contributed by atoms with Crippen LogP contribution < -0.4 is 33.4 Å². The molecule has 0 amide bonds. The summed E-state index contributed by atoms with van der Waals surface area (Å²) in [4.78, 5) is 81.2. The second-order valence-corrected chi connectivity index (χ2v) is 21.4. The van der Waals surface area contributed by atoms with E-state index in [2.05, 4.69) is 19.7 Å². The molecule has 2 fully saturated rings. The minimum atomic E-state index is -0.477. The van der Waals surface area contributed by atoms with Crippen LogP contribution in [0.15, 0.2) is 134 Å². The molecular weight excluding hydrogens is 1070 g/mol. The molecule has 0 radical (unpaired) electrons. The average molecular weight is 1140 g/mol. The van der Waals surface area contributed by atoms with Gasteiger partial charge in [0.05, 0.1) is 73.1 Å². The average Bonchev–Trinajstić information content (AvgIpc) is 3.98. The number of rotatable bonds is 31. The minimum Gasteiger partial charge on any atom is -0.494 e. The number of carbonyl (C=O) groups is 6. The van der Waals surface area contributed by atoms with E-state index in [0.29, 0.717) is 118 Å². The van der Waals surface area contributed by atoms with E-state index >= 15 is 0 Å². The van der Waals surface area contributed by atoms with Crippen molar-refractivity contribution in [3.63, 3.8) is 0 Å². The van der Waals surface area contributed by atoms with Crippen LogP contribution in [-0.4, -0.2) is 80.0 Å². The van der Waals surface area contributed by atoms with Crippen molar-refractivity contribution >= 4 is 68.7 Å². The molecule has 18 heteroatoms. The monoisotopic (exact) mass is 1140 g/mol. The number of carbonyl (C=O) groups excluding carboxylic acids is 6. The van der Waals surface area contributed by atoms with E-state index in [1.165, 1.54) is 11.3 Å². The zero-order valence-corrected chi connectivity index (χ0v) is 47.5. The summed E-state index contributed by atoms with van der Waals surface area (Å²) in [5.41, 5.74) is 2.04. The summed E-state index contributed by atoms with van der Waals surface area (Å²) in [7, 11) is 0. The molecule has 4 aromatic carbocycles. The smallest absolute Gasteiger partial charge is 0.330 e. The summed E-state index contributed by atoms with van der Waals surface area (Å²) in [6.07, 6.45) is 14.2. The highest BCUT2D eigenvalue weighted by atomic mass is 32.1. The Bertz CT molecular complexity index is 2960. The standard InChI is InChI=1S/C64H73N3O14S/c1-5-58(68)76-39-15-9-7-13-37-74-50-27-31-52(32-28-50)78-60(70)45-19-21-47(22-20-45)62(72)80-54-35-36-56(49(41-54)42-65-67(43-44(3)4)64-66-55-17-11-12-18-57(55)82-64)81-63(73)48-25-23-46(24-26-48)61(71)79-53-33-29-51(30-34-53)75-38-14-8-10-16-40-77-59(69)6-2/h5-6,11-12,17-18,27-36,41-42,45-48H,1-3,7-10,13-16,19-26,37-40,43H2,4H3/b65-42+/t45-,46?,47-,48?. The Labute approximate surface area is 483 Å². The maximum Gasteiger partial charge on any atom is 0.330 e. The Kier molecular flexibility index (Phi) is 24.3. The topological polar surface area (TPSA) is 205 Å². The summed E-state index contributed by atoms with van der Waals surface area (Å²) >= 11 is 1.47. The summed E-state index contributed by atoms with van der Waals surface area (Å²) in [5, 5.41) is 7.16. The number of esters is 6. The largest absolute Gasteiger partial charge is 0.494 e. The second kappa shape index (κ2) is 32.4. The van der Waals surface area contributed by atoms with Crippen LogP contribution in [0.1, 0.15) is 115 Å². The van der Waals surface area contributed by atoms with Crippen molar-refractivity contribution < 1.29 is 66.7 Å². The number of para-hydroxylation sites is 1. The molecule has 2 aliphatic rings. The van der Waals surface area contributed by atoms with Gasteiger partial charge in [-0.15, -0.1) is 0 Å². The zero-order chi connectivity index (χ0) is 58.1. The van der Waals surface area contributed by atoms with E-state index in [-0.39, 0.29) is 29.4 Å². The SMILES string of the molecule is C=CC(=O)OCCCCCCOc1ccc(OC(=O)C2CCC(C(=O)Oc3ccc(OC(=O)[C@H]4CC[C@H](C(=O)Oc5ccc(OCCCCCCOC(=O)C=C)cc5)CC4)cc3/C=N/N(CC(=C)C)c3nc4ccccc4s3)CC2)cc1. The number of anilines is 1. The van der Waals surface area contributed by atoms with Crippen LogP contribution in [0.3, 0.4) is 0 Å². The lowest BCUT2D eigenvalue weighted by molar-refractivity contribution is -0.145. The Balaban J connectivity index is 0.899. The quantitative estimate of drug-likeness (QED) is 0.00769. The number of thiazole rings is 1. The number of nitrogens with zero attached hydrogens (tertiary/aromatic N) is 3. The van der Waals surface area contributed by atoms with Crippen molar-refractivity contribution in [2.24, 2.45) is 28.8 Å². The Morgan fingerprint density at radius 1 is 0.549 bits per heavy atom. The molecule has 1 aromatic heterocycles. The van der Waals surface area contributed by atoms with E-state index in [4.69, 9.17) is 48.0 Å². The molecule has 5 aromatic rings. The highest BCUT2D eigenvalue weighted by Gasteiger charge is 2.34. The fourth-order valence-corrected chi connectivity index (χ4v) is 10.3. The third kappa shape index (κ3) is 19.8. The Hall–Kier alpha value is -8.12. The summed E-state index contributed by atoms with van der Waals surface area (Å²) in [6, 6.07) is 26.4. The number of hydrogen-bond donors (Lipinski definition) is 0. The summed E-state index contributed by atoms with van der Waals surface area (Å²) in [5.74, 6) is -1.59. The summed E-state index contributed by atoms with van der Waals surface area (Å²) < 4.78 is 46.2. The molecule has 0 N–H and O–H groups in total. The number of hydrazone groups is 1. The highest BCUT2D eigenvalue weighted by molar-refractivity contribution is 7.22. The molecule has 2 aliphatic carbocycles. The van der Waals surface area contributed by atoms with Crippen LogP contribution >= 0.6 is 11.3 Å². The molecule has 17 nitrogen and oxygen atoms in total. The van der Waals surface area contributed by atoms with Crippen LogP contribution in [0, 0.1) is 23.7 Å². The van der Waals surface area contributed by atoms with Gasteiger partial charge in [0.1, 0.15) is 34.5 Å². The van der Waals surface area contributed by atoms with Crippen molar-refractivity contribution in [2.75, 3.05) is 38.0 Å². The lowest BCUT2D eigenvalue weighted by Gasteiger charge is -2.26. The molecule has 0 spiro atoms. The number of benzene rings is 4. The minimum absolute atomic E-state index is 0.209. The lowest BCUT2D eigenvalue weighted by atomic mass is 9.82. The van der Waals surface area contributed by atoms with Gasteiger partial charge in [-0.05, 0) is 189 Å². The van der Waals surface area contributed by atoms with Crippen molar-refractivity contribution in [3.8, 4) is 34.5 Å². The number of aromatic nitrogens is 1. The van der Waals surface area contributed by atoms with Gasteiger partial charge in [-0.1, -0.05) is 48.8 Å². The van der Waals surface area contributed by atoms with E-state index < -0.39 is 41.6 Å². The normalized spacial score (nSPS) is 16.7. The van der Waals surface area contributed by atoms with E-state index in [1.807, 2.05) is 31.2 Å². The van der Waals surface area contributed by atoms with E-state index in [1.54, 1.807) is 78.0 Å². The van der Waals surface area contributed by atoms with Gasteiger partial charge in [0.2, 0.25) is 5.13 Å². The molecule has 0 unspecified atom stereocenters. The summed E-state index contributed by atoms with van der Waals surface area (Å²) in [6.45, 7) is 14.9. The highest BCUT2D eigenvalue weighted by Crippen LogP contribution is 2.36. The van der Waals surface area contributed by atoms with Crippen molar-refractivity contribution in [2.45, 2.75) is 110 Å². The van der Waals surface area contributed by atoms with Crippen LogP contribution in [0.5, 0.6) is 34.5 Å². The van der Waals surface area contributed by atoms with Gasteiger partial charge in [0.25, 0.3) is 0 Å². The first-order valence-corrected chi connectivity index (χ1v) is 29.0. The van der Waals surface area contributed by atoms with Crippen molar-refractivity contribution in [1.82, 2.24) is 4.98 Å².